The summed E-state index contributed by atoms with van der Waals surface area (Å²) in [7, 11) is 1.45. The molecule has 0 saturated heterocycles. The van der Waals surface area contributed by atoms with Gasteiger partial charge in [-0.2, -0.15) is 0 Å². The summed E-state index contributed by atoms with van der Waals surface area (Å²) in [4.78, 5) is 24.3. The van der Waals surface area contributed by atoms with E-state index in [-0.39, 0.29) is 11.3 Å². The molecule has 1 N–H and O–H groups in total. The van der Waals surface area contributed by atoms with E-state index in [0.29, 0.717) is 26.6 Å². The first-order chi connectivity index (χ1) is 12.5. The molecule has 2 amide bonds. The Labute approximate surface area is 162 Å². The van der Waals surface area contributed by atoms with Crippen LogP contribution >= 0.6 is 35.0 Å². The van der Waals surface area contributed by atoms with Crippen molar-refractivity contribution >= 4 is 52.4 Å². The third-order valence-electron chi connectivity index (χ3n) is 3.33. The Bertz CT molecular complexity index is 993. The molecule has 0 aliphatic carbocycles. The van der Waals surface area contributed by atoms with E-state index in [1.165, 1.54) is 7.11 Å². The number of ether oxygens (including phenoxy) is 1. The molecule has 3 rings (SSSR count). The largest absolute Gasteiger partial charge is 0.496 e. The van der Waals surface area contributed by atoms with Gasteiger partial charge in [-0.1, -0.05) is 47.1 Å². The van der Waals surface area contributed by atoms with Crippen LogP contribution in [0.15, 0.2) is 41.7 Å². The summed E-state index contributed by atoms with van der Waals surface area (Å²) in [5.74, 6) is -0.662. The highest BCUT2D eigenvalue weighted by atomic mass is 35.5. The standard InChI is InChI=1S/C16H12Cl2N4O3S/c1-25-12-5-3-2-4-10(12)15(24)19-13(23)8-26-16-21-20-14-11(18)6-9(17)7-22(14)16/h2-7H,8H2,1H3,(H,19,23,24). The minimum absolute atomic E-state index is 0.0359. The summed E-state index contributed by atoms with van der Waals surface area (Å²) in [5.41, 5.74) is 0.712. The van der Waals surface area contributed by atoms with Gasteiger partial charge in [0.2, 0.25) is 5.91 Å². The summed E-state index contributed by atoms with van der Waals surface area (Å²) in [6.07, 6.45) is 1.60. The summed E-state index contributed by atoms with van der Waals surface area (Å²) in [6, 6.07) is 8.20. The van der Waals surface area contributed by atoms with Gasteiger partial charge in [0.25, 0.3) is 5.91 Å². The van der Waals surface area contributed by atoms with Crippen LogP contribution in [0.25, 0.3) is 5.65 Å². The zero-order valence-corrected chi connectivity index (χ0v) is 15.7. The zero-order chi connectivity index (χ0) is 18.7. The lowest BCUT2D eigenvalue weighted by Crippen LogP contribution is -2.32. The predicted molar refractivity (Wildman–Crippen MR) is 99.2 cm³/mol. The number of nitrogens with one attached hydrogen (secondary N) is 1. The molecular weight excluding hydrogens is 399 g/mol. The van der Waals surface area contributed by atoms with Crippen LogP contribution in [0.5, 0.6) is 5.75 Å². The normalized spacial score (nSPS) is 10.7. The molecule has 1 aromatic carbocycles. The van der Waals surface area contributed by atoms with E-state index in [4.69, 9.17) is 27.9 Å². The molecule has 0 spiro atoms. The summed E-state index contributed by atoms with van der Waals surface area (Å²) < 4.78 is 6.70. The highest BCUT2D eigenvalue weighted by Crippen LogP contribution is 2.25. The van der Waals surface area contributed by atoms with Gasteiger partial charge in [0.05, 0.1) is 28.5 Å². The number of benzene rings is 1. The molecule has 0 saturated carbocycles. The Morgan fingerprint density at radius 1 is 1.27 bits per heavy atom. The first-order valence-corrected chi connectivity index (χ1v) is 9.03. The quantitative estimate of drug-likeness (QED) is 0.650. The van der Waals surface area contributed by atoms with Gasteiger partial charge in [-0.15, -0.1) is 10.2 Å². The second-order valence-corrected chi connectivity index (χ2v) is 6.83. The Hall–Kier alpha value is -2.29. The van der Waals surface area contributed by atoms with Gasteiger partial charge in [0, 0.05) is 6.20 Å². The van der Waals surface area contributed by atoms with Crippen molar-refractivity contribution in [3.05, 3.63) is 52.1 Å². The van der Waals surface area contributed by atoms with Crippen LogP contribution < -0.4 is 10.1 Å². The van der Waals surface area contributed by atoms with Gasteiger partial charge >= 0.3 is 0 Å². The highest BCUT2D eigenvalue weighted by molar-refractivity contribution is 7.99. The molecule has 2 heterocycles. The fourth-order valence-electron chi connectivity index (χ4n) is 2.19. The maximum Gasteiger partial charge on any atom is 0.261 e. The molecule has 7 nitrogen and oxygen atoms in total. The van der Waals surface area contributed by atoms with Crippen molar-refractivity contribution in [2.45, 2.75) is 5.16 Å². The number of fused-ring (bicyclic) bond motifs is 1. The number of rotatable bonds is 5. The molecule has 0 atom stereocenters. The molecule has 26 heavy (non-hydrogen) atoms. The molecular formula is C16H12Cl2N4O3S. The Morgan fingerprint density at radius 3 is 2.81 bits per heavy atom. The number of pyridine rings is 1. The van der Waals surface area contributed by atoms with Crippen LogP contribution in [0.2, 0.25) is 10.0 Å². The Morgan fingerprint density at radius 2 is 2.04 bits per heavy atom. The number of para-hydroxylation sites is 1. The fourth-order valence-corrected chi connectivity index (χ4v) is 3.41. The van der Waals surface area contributed by atoms with Crippen molar-refractivity contribution in [1.29, 1.82) is 0 Å². The molecule has 2 aromatic heterocycles. The van der Waals surface area contributed by atoms with Crippen LogP contribution in [0.4, 0.5) is 0 Å². The number of halogens is 2. The van der Waals surface area contributed by atoms with E-state index in [1.54, 1.807) is 40.9 Å². The molecule has 0 unspecified atom stereocenters. The molecule has 0 aliphatic rings. The van der Waals surface area contributed by atoms with Gasteiger partial charge in [-0.05, 0) is 18.2 Å². The van der Waals surface area contributed by atoms with Crippen molar-refractivity contribution in [2.75, 3.05) is 12.9 Å². The minimum atomic E-state index is -0.537. The number of hydrogen-bond acceptors (Lipinski definition) is 6. The Kier molecular flexibility index (Phi) is 5.65. The van der Waals surface area contributed by atoms with E-state index in [1.807, 2.05) is 0 Å². The molecule has 0 fully saturated rings. The number of carbonyl (C=O) groups excluding carboxylic acids is 2. The van der Waals surface area contributed by atoms with E-state index in [2.05, 4.69) is 15.5 Å². The third kappa shape index (κ3) is 3.92. The van der Waals surface area contributed by atoms with Crippen LogP contribution in [0.3, 0.4) is 0 Å². The third-order valence-corrected chi connectivity index (χ3v) is 4.76. The first-order valence-electron chi connectivity index (χ1n) is 7.29. The summed E-state index contributed by atoms with van der Waals surface area (Å²) in [6.45, 7) is 0. The molecule has 0 radical (unpaired) electrons. The number of carbonyl (C=O) groups is 2. The van der Waals surface area contributed by atoms with Gasteiger partial charge in [0.1, 0.15) is 5.75 Å². The molecule has 0 bridgehead atoms. The Balaban J connectivity index is 1.67. The van der Waals surface area contributed by atoms with Gasteiger partial charge in [-0.25, -0.2) is 0 Å². The van der Waals surface area contributed by atoms with Crippen molar-refractivity contribution < 1.29 is 14.3 Å². The summed E-state index contributed by atoms with van der Waals surface area (Å²) >= 11 is 13.1. The predicted octanol–water partition coefficient (Wildman–Crippen LogP) is 3.09. The zero-order valence-electron chi connectivity index (χ0n) is 13.4. The van der Waals surface area contributed by atoms with Crippen LogP contribution in [0, 0.1) is 0 Å². The average molecular weight is 411 g/mol. The average Bonchev–Trinajstić information content (AvgIpc) is 3.03. The SMILES string of the molecule is COc1ccccc1C(=O)NC(=O)CSc1nnc2c(Cl)cc(Cl)cn12. The number of amides is 2. The summed E-state index contributed by atoms with van der Waals surface area (Å²) in [5, 5.41) is 11.5. The maximum absolute atomic E-state index is 12.2. The van der Waals surface area contributed by atoms with Crippen molar-refractivity contribution in [1.82, 2.24) is 19.9 Å². The van der Waals surface area contributed by atoms with Crippen LogP contribution in [-0.2, 0) is 4.79 Å². The van der Waals surface area contributed by atoms with Gasteiger partial charge < -0.3 is 4.74 Å². The monoisotopic (exact) mass is 410 g/mol. The first kappa shape index (κ1) is 18.5. The molecule has 3 aromatic rings. The molecule has 0 aliphatic heterocycles. The van der Waals surface area contributed by atoms with E-state index in [9.17, 15) is 9.59 Å². The molecule has 134 valence electrons. The van der Waals surface area contributed by atoms with Crippen molar-refractivity contribution in [2.24, 2.45) is 0 Å². The lowest BCUT2D eigenvalue weighted by Gasteiger charge is -2.08. The fraction of sp³-hybridized carbons (Fsp3) is 0.125. The maximum atomic E-state index is 12.2. The second-order valence-electron chi connectivity index (χ2n) is 5.05. The number of imide groups is 1. The van der Waals surface area contributed by atoms with Gasteiger partial charge in [-0.3, -0.25) is 19.3 Å². The van der Waals surface area contributed by atoms with Crippen molar-refractivity contribution in [3.63, 3.8) is 0 Å². The van der Waals surface area contributed by atoms with E-state index >= 15 is 0 Å². The number of methoxy groups -OCH3 is 1. The lowest BCUT2D eigenvalue weighted by atomic mass is 10.2. The number of nitrogens with zero attached hydrogens (tertiary/aromatic N) is 3. The lowest BCUT2D eigenvalue weighted by molar-refractivity contribution is -0.117. The number of thioether (sulfide) groups is 1. The smallest absolute Gasteiger partial charge is 0.261 e. The second kappa shape index (κ2) is 7.94. The van der Waals surface area contributed by atoms with Gasteiger partial charge in [0.15, 0.2) is 10.8 Å². The molecule has 10 heteroatoms. The van der Waals surface area contributed by atoms with Crippen LogP contribution in [0.1, 0.15) is 10.4 Å². The topological polar surface area (TPSA) is 85.6 Å². The van der Waals surface area contributed by atoms with Crippen molar-refractivity contribution in [3.8, 4) is 5.75 Å². The van der Waals surface area contributed by atoms with E-state index < -0.39 is 11.8 Å². The van der Waals surface area contributed by atoms with Crippen LogP contribution in [-0.4, -0.2) is 39.3 Å². The minimum Gasteiger partial charge on any atom is -0.496 e. The number of hydrogen-bond donors (Lipinski definition) is 1. The highest BCUT2D eigenvalue weighted by Gasteiger charge is 2.16. The van der Waals surface area contributed by atoms with E-state index in [0.717, 1.165) is 11.8 Å². The number of aromatic nitrogens is 3.